The van der Waals surface area contributed by atoms with Crippen molar-refractivity contribution in [1.29, 1.82) is 0 Å². The van der Waals surface area contributed by atoms with Crippen LogP contribution >= 0.6 is 11.6 Å². The molecule has 6 nitrogen and oxygen atoms in total. The van der Waals surface area contributed by atoms with Gasteiger partial charge < -0.3 is 14.5 Å². The van der Waals surface area contributed by atoms with E-state index in [-0.39, 0.29) is 5.28 Å². The van der Waals surface area contributed by atoms with Crippen molar-refractivity contribution in [1.82, 2.24) is 15.0 Å². The highest BCUT2D eigenvalue weighted by molar-refractivity contribution is 6.28. The van der Waals surface area contributed by atoms with Gasteiger partial charge >= 0.3 is 0 Å². The Morgan fingerprint density at radius 1 is 0.750 bits per heavy atom. The molecule has 0 aliphatic carbocycles. The summed E-state index contributed by atoms with van der Waals surface area (Å²) < 4.78 is 5.36. The van der Waals surface area contributed by atoms with Crippen LogP contribution in [0.25, 0.3) is 0 Å². The van der Waals surface area contributed by atoms with Crippen molar-refractivity contribution < 1.29 is 4.74 Å². The number of ether oxygens (including phenoxy) is 1. The molecule has 110 valence electrons. The van der Waals surface area contributed by atoms with Crippen LogP contribution < -0.4 is 9.80 Å². The highest BCUT2D eigenvalue weighted by atomic mass is 35.5. The van der Waals surface area contributed by atoms with E-state index < -0.39 is 0 Å². The van der Waals surface area contributed by atoms with Crippen LogP contribution in [-0.4, -0.2) is 54.3 Å². The molecular formula is C13H20ClN5O. The van der Waals surface area contributed by atoms with E-state index in [2.05, 4.69) is 24.8 Å². The molecule has 1 aromatic heterocycles. The number of nitrogens with zero attached hydrogens (tertiary/aromatic N) is 5. The molecule has 0 spiro atoms. The van der Waals surface area contributed by atoms with Crippen LogP contribution in [0.1, 0.15) is 25.7 Å². The predicted molar refractivity (Wildman–Crippen MR) is 78.6 cm³/mol. The van der Waals surface area contributed by atoms with Gasteiger partial charge in [-0.1, -0.05) is 12.8 Å². The SMILES string of the molecule is Clc1nc(N2CCCCCC2)nc(N2CCOCC2)n1. The Bertz CT molecular complexity index is 444. The zero-order valence-electron chi connectivity index (χ0n) is 11.6. The minimum Gasteiger partial charge on any atom is -0.378 e. The second-order valence-corrected chi connectivity index (χ2v) is 5.54. The quantitative estimate of drug-likeness (QED) is 0.829. The van der Waals surface area contributed by atoms with E-state index >= 15 is 0 Å². The van der Waals surface area contributed by atoms with Crippen LogP contribution in [0.4, 0.5) is 11.9 Å². The minimum absolute atomic E-state index is 0.278. The lowest BCUT2D eigenvalue weighted by Gasteiger charge is -2.28. The van der Waals surface area contributed by atoms with Gasteiger partial charge in [-0.25, -0.2) is 0 Å². The monoisotopic (exact) mass is 297 g/mol. The van der Waals surface area contributed by atoms with E-state index in [4.69, 9.17) is 16.3 Å². The highest BCUT2D eigenvalue weighted by Gasteiger charge is 2.19. The van der Waals surface area contributed by atoms with Gasteiger partial charge in [-0.3, -0.25) is 0 Å². The maximum Gasteiger partial charge on any atom is 0.231 e. The highest BCUT2D eigenvalue weighted by Crippen LogP contribution is 2.20. The van der Waals surface area contributed by atoms with Crippen molar-refractivity contribution in [2.75, 3.05) is 49.2 Å². The molecule has 0 atom stereocenters. The third kappa shape index (κ3) is 3.30. The average Bonchev–Trinajstić information content (AvgIpc) is 2.77. The van der Waals surface area contributed by atoms with Crippen LogP contribution in [0, 0.1) is 0 Å². The van der Waals surface area contributed by atoms with E-state index in [0.29, 0.717) is 25.1 Å². The molecule has 7 heteroatoms. The Labute approximate surface area is 124 Å². The molecule has 0 amide bonds. The Morgan fingerprint density at radius 2 is 1.30 bits per heavy atom. The molecule has 0 N–H and O–H groups in total. The number of morpholine rings is 1. The summed E-state index contributed by atoms with van der Waals surface area (Å²) in [5.41, 5.74) is 0. The first kappa shape index (κ1) is 13.8. The van der Waals surface area contributed by atoms with Gasteiger partial charge in [-0.2, -0.15) is 15.0 Å². The summed E-state index contributed by atoms with van der Waals surface area (Å²) >= 11 is 6.08. The molecule has 0 bridgehead atoms. The van der Waals surface area contributed by atoms with Gasteiger partial charge in [0, 0.05) is 26.2 Å². The number of halogens is 1. The summed E-state index contributed by atoms with van der Waals surface area (Å²) in [6.07, 6.45) is 4.95. The summed E-state index contributed by atoms with van der Waals surface area (Å²) in [5, 5.41) is 0.278. The Morgan fingerprint density at radius 3 is 1.90 bits per heavy atom. The molecule has 1 aromatic rings. The lowest BCUT2D eigenvalue weighted by molar-refractivity contribution is 0.122. The molecule has 2 saturated heterocycles. The van der Waals surface area contributed by atoms with E-state index in [1.54, 1.807) is 0 Å². The first-order valence-corrected chi connectivity index (χ1v) is 7.70. The average molecular weight is 298 g/mol. The minimum atomic E-state index is 0.278. The smallest absolute Gasteiger partial charge is 0.231 e. The second kappa shape index (κ2) is 6.54. The van der Waals surface area contributed by atoms with Crippen LogP contribution in [-0.2, 0) is 4.74 Å². The lowest BCUT2D eigenvalue weighted by Crippen LogP contribution is -2.38. The van der Waals surface area contributed by atoms with Crippen molar-refractivity contribution in [3.05, 3.63) is 5.28 Å². The van der Waals surface area contributed by atoms with Gasteiger partial charge in [0.15, 0.2) is 0 Å². The normalized spacial score (nSPS) is 20.9. The van der Waals surface area contributed by atoms with Gasteiger partial charge in [0.25, 0.3) is 0 Å². The lowest BCUT2D eigenvalue weighted by atomic mass is 10.2. The third-order valence-electron chi connectivity index (χ3n) is 3.77. The second-order valence-electron chi connectivity index (χ2n) is 5.21. The van der Waals surface area contributed by atoms with Crippen LogP contribution in [0.15, 0.2) is 0 Å². The standard InChI is InChI=1S/C13H20ClN5O/c14-11-15-12(18-5-3-1-2-4-6-18)17-13(16-11)19-7-9-20-10-8-19/h1-10H2. The maximum absolute atomic E-state index is 6.08. The Balaban J connectivity index is 1.81. The summed E-state index contributed by atoms with van der Waals surface area (Å²) in [6.45, 7) is 5.04. The van der Waals surface area contributed by atoms with Gasteiger partial charge in [0.05, 0.1) is 13.2 Å². The van der Waals surface area contributed by atoms with Crippen molar-refractivity contribution in [2.45, 2.75) is 25.7 Å². The molecule has 0 saturated carbocycles. The first-order chi connectivity index (χ1) is 9.83. The van der Waals surface area contributed by atoms with Crippen molar-refractivity contribution in [3.63, 3.8) is 0 Å². The van der Waals surface area contributed by atoms with Crippen molar-refractivity contribution >= 4 is 23.5 Å². The summed E-state index contributed by atoms with van der Waals surface area (Å²) in [7, 11) is 0. The van der Waals surface area contributed by atoms with Crippen molar-refractivity contribution in [2.24, 2.45) is 0 Å². The van der Waals surface area contributed by atoms with E-state index in [1.807, 2.05) is 0 Å². The zero-order chi connectivity index (χ0) is 13.8. The molecule has 20 heavy (non-hydrogen) atoms. The number of hydrogen-bond acceptors (Lipinski definition) is 6. The van der Waals surface area contributed by atoms with Gasteiger partial charge in [0.1, 0.15) is 0 Å². The molecule has 2 fully saturated rings. The number of aromatic nitrogens is 3. The maximum atomic E-state index is 6.08. The predicted octanol–water partition coefficient (Wildman–Crippen LogP) is 1.74. The molecule has 0 aromatic carbocycles. The zero-order valence-corrected chi connectivity index (χ0v) is 12.3. The largest absolute Gasteiger partial charge is 0.378 e. The van der Waals surface area contributed by atoms with E-state index in [1.165, 1.54) is 25.7 Å². The van der Waals surface area contributed by atoms with Gasteiger partial charge in [0.2, 0.25) is 17.2 Å². The van der Waals surface area contributed by atoms with Crippen molar-refractivity contribution in [3.8, 4) is 0 Å². The Hall–Kier alpha value is -1.14. The number of anilines is 2. The molecular weight excluding hydrogens is 278 g/mol. The van der Waals surface area contributed by atoms with E-state index in [0.717, 1.165) is 26.2 Å². The number of rotatable bonds is 2. The summed E-state index contributed by atoms with van der Waals surface area (Å²) in [5.74, 6) is 1.39. The van der Waals surface area contributed by atoms with Gasteiger partial charge in [-0.05, 0) is 24.4 Å². The van der Waals surface area contributed by atoms with Gasteiger partial charge in [-0.15, -0.1) is 0 Å². The number of hydrogen-bond donors (Lipinski definition) is 0. The molecule has 0 radical (unpaired) electrons. The van der Waals surface area contributed by atoms with Crippen LogP contribution in [0.3, 0.4) is 0 Å². The fourth-order valence-electron chi connectivity index (χ4n) is 2.65. The topological polar surface area (TPSA) is 54.4 Å². The molecule has 2 aliphatic heterocycles. The fourth-order valence-corrected chi connectivity index (χ4v) is 2.80. The molecule has 0 unspecified atom stereocenters. The first-order valence-electron chi connectivity index (χ1n) is 7.32. The van der Waals surface area contributed by atoms with Crippen LogP contribution in [0.2, 0.25) is 5.28 Å². The molecule has 3 rings (SSSR count). The summed E-state index contributed by atoms with van der Waals surface area (Å²) in [4.78, 5) is 17.5. The fraction of sp³-hybridized carbons (Fsp3) is 0.769. The Kier molecular flexibility index (Phi) is 4.52. The molecule has 2 aliphatic rings. The van der Waals surface area contributed by atoms with Crippen LogP contribution in [0.5, 0.6) is 0 Å². The third-order valence-corrected chi connectivity index (χ3v) is 3.94. The van der Waals surface area contributed by atoms with E-state index in [9.17, 15) is 0 Å². The summed E-state index contributed by atoms with van der Waals surface area (Å²) in [6, 6.07) is 0. The molecule has 3 heterocycles.